The molecule has 8 heteroatoms. The maximum Gasteiger partial charge on any atom is 0.338 e. The number of hydrogen-bond donors (Lipinski definition) is 2. The van der Waals surface area contributed by atoms with E-state index in [1.807, 2.05) is 19.1 Å². The van der Waals surface area contributed by atoms with Gasteiger partial charge in [-0.15, -0.1) is 0 Å². The van der Waals surface area contributed by atoms with E-state index in [4.69, 9.17) is 14.2 Å². The molecular weight excluding hydrogens is 400 g/mol. The van der Waals surface area contributed by atoms with Gasteiger partial charge in [0, 0.05) is 0 Å². The molecule has 31 heavy (non-hydrogen) atoms. The zero-order valence-electron chi connectivity index (χ0n) is 18.0. The molecule has 2 amide bonds. The van der Waals surface area contributed by atoms with Gasteiger partial charge >= 0.3 is 5.97 Å². The smallest absolute Gasteiger partial charge is 0.338 e. The molecule has 0 saturated carbocycles. The van der Waals surface area contributed by atoms with E-state index in [9.17, 15) is 14.4 Å². The van der Waals surface area contributed by atoms with Gasteiger partial charge in [0.05, 0.1) is 12.2 Å². The molecule has 0 radical (unpaired) electrons. The Morgan fingerprint density at radius 3 is 2.16 bits per heavy atom. The molecule has 2 N–H and O–H groups in total. The highest BCUT2D eigenvalue weighted by atomic mass is 16.5. The number of rotatable bonds is 10. The highest BCUT2D eigenvalue weighted by Gasteiger charge is 2.15. The van der Waals surface area contributed by atoms with Gasteiger partial charge in [-0.05, 0) is 61.7 Å². The van der Waals surface area contributed by atoms with Crippen LogP contribution in [0, 0.1) is 0 Å². The van der Waals surface area contributed by atoms with Crippen LogP contribution >= 0.6 is 0 Å². The van der Waals surface area contributed by atoms with E-state index in [0.717, 1.165) is 12.8 Å². The summed E-state index contributed by atoms with van der Waals surface area (Å²) in [6.07, 6.45) is 0.865. The lowest BCUT2D eigenvalue weighted by molar-refractivity contribution is -0.133. The maximum absolute atomic E-state index is 12.1. The van der Waals surface area contributed by atoms with Crippen molar-refractivity contribution < 1.29 is 28.6 Å². The molecule has 2 aromatic carbocycles. The number of ether oxygens (including phenoxy) is 3. The van der Waals surface area contributed by atoms with Gasteiger partial charge < -0.3 is 14.2 Å². The number of hydrogen-bond acceptors (Lipinski definition) is 6. The van der Waals surface area contributed by atoms with Crippen LogP contribution < -0.4 is 20.3 Å². The minimum absolute atomic E-state index is 0.312. The van der Waals surface area contributed by atoms with Gasteiger partial charge in [0.2, 0.25) is 0 Å². The van der Waals surface area contributed by atoms with E-state index in [2.05, 4.69) is 17.8 Å². The number of benzene rings is 2. The molecule has 0 aliphatic carbocycles. The molecule has 0 spiro atoms. The van der Waals surface area contributed by atoms with E-state index in [-0.39, 0.29) is 6.61 Å². The summed E-state index contributed by atoms with van der Waals surface area (Å²) in [7, 11) is 0. The molecule has 0 aliphatic rings. The summed E-state index contributed by atoms with van der Waals surface area (Å²) in [5.41, 5.74) is 6.14. The van der Waals surface area contributed by atoms with E-state index < -0.39 is 23.9 Å². The molecule has 166 valence electrons. The standard InChI is InChI=1S/C23H28N2O6/c1-4-14-29-23(28)18-8-12-19(13-9-18)30-15-21(26)24-25-22(27)16(3)31-20-10-6-17(5-2)7-11-20/h6-13,16H,4-5,14-15H2,1-3H3,(H,24,26)(H,25,27). The summed E-state index contributed by atoms with van der Waals surface area (Å²) in [5, 5.41) is 0. The molecule has 0 saturated heterocycles. The fraction of sp³-hybridized carbons (Fsp3) is 0.348. The maximum atomic E-state index is 12.1. The van der Waals surface area contributed by atoms with Gasteiger partial charge in [-0.3, -0.25) is 20.4 Å². The van der Waals surface area contributed by atoms with Crippen LogP contribution in [0.4, 0.5) is 0 Å². The van der Waals surface area contributed by atoms with Crippen molar-refractivity contribution in [2.24, 2.45) is 0 Å². The third-order valence-electron chi connectivity index (χ3n) is 4.24. The number of aryl methyl sites for hydroxylation is 1. The summed E-state index contributed by atoms with van der Waals surface area (Å²) >= 11 is 0. The monoisotopic (exact) mass is 428 g/mol. The Kier molecular flexibility index (Phi) is 9.35. The van der Waals surface area contributed by atoms with Crippen LogP contribution in [-0.2, 0) is 20.7 Å². The molecule has 1 unspecified atom stereocenters. The van der Waals surface area contributed by atoms with Gasteiger partial charge in [0.1, 0.15) is 11.5 Å². The van der Waals surface area contributed by atoms with E-state index in [1.165, 1.54) is 5.56 Å². The van der Waals surface area contributed by atoms with E-state index >= 15 is 0 Å². The topological polar surface area (TPSA) is 103 Å². The lowest BCUT2D eigenvalue weighted by Crippen LogP contribution is -2.48. The molecule has 8 nitrogen and oxygen atoms in total. The van der Waals surface area contributed by atoms with Crippen molar-refractivity contribution in [1.29, 1.82) is 0 Å². The summed E-state index contributed by atoms with van der Waals surface area (Å²) in [6, 6.07) is 13.7. The molecular formula is C23H28N2O6. The minimum atomic E-state index is -0.797. The quantitative estimate of drug-likeness (QED) is 0.446. The summed E-state index contributed by atoms with van der Waals surface area (Å²) in [4.78, 5) is 35.7. The second kappa shape index (κ2) is 12.2. The van der Waals surface area contributed by atoms with Gasteiger partial charge in [-0.1, -0.05) is 26.0 Å². The summed E-state index contributed by atoms with van der Waals surface area (Å²) in [6.45, 7) is 5.60. The first-order chi connectivity index (χ1) is 14.9. The number of nitrogens with one attached hydrogen (secondary N) is 2. The van der Waals surface area contributed by atoms with Crippen LogP contribution in [0.2, 0.25) is 0 Å². The first kappa shape index (κ1) is 23.7. The number of amides is 2. The number of carbonyl (C=O) groups excluding carboxylic acids is 3. The number of hydrazine groups is 1. The van der Waals surface area contributed by atoms with Gasteiger partial charge in [0.25, 0.3) is 11.8 Å². The van der Waals surface area contributed by atoms with Crippen LogP contribution in [0.3, 0.4) is 0 Å². The molecule has 0 aliphatic heterocycles. The Bertz CT molecular complexity index is 865. The Balaban J connectivity index is 1.71. The first-order valence-corrected chi connectivity index (χ1v) is 10.2. The lowest BCUT2D eigenvalue weighted by Gasteiger charge is -2.15. The SMILES string of the molecule is CCCOC(=O)c1ccc(OCC(=O)NNC(=O)C(C)Oc2ccc(CC)cc2)cc1. The van der Waals surface area contributed by atoms with Crippen LogP contribution in [0.15, 0.2) is 48.5 Å². The van der Waals surface area contributed by atoms with Gasteiger partial charge in [0.15, 0.2) is 12.7 Å². The van der Waals surface area contributed by atoms with Gasteiger partial charge in [-0.2, -0.15) is 0 Å². The Morgan fingerprint density at radius 1 is 0.903 bits per heavy atom. The molecule has 2 rings (SSSR count). The molecule has 1 atom stereocenters. The van der Waals surface area contributed by atoms with Gasteiger partial charge in [-0.25, -0.2) is 4.79 Å². The Morgan fingerprint density at radius 2 is 1.55 bits per heavy atom. The van der Waals surface area contributed by atoms with Crippen molar-refractivity contribution in [3.05, 3.63) is 59.7 Å². The van der Waals surface area contributed by atoms with Crippen LogP contribution in [0.25, 0.3) is 0 Å². The van der Waals surface area contributed by atoms with Crippen molar-refractivity contribution in [2.75, 3.05) is 13.2 Å². The van der Waals surface area contributed by atoms with Crippen molar-refractivity contribution in [3.8, 4) is 11.5 Å². The second-order valence-electron chi connectivity index (χ2n) is 6.74. The zero-order valence-corrected chi connectivity index (χ0v) is 18.0. The van der Waals surface area contributed by atoms with Crippen molar-refractivity contribution >= 4 is 17.8 Å². The van der Waals surface area contributed by atoms with E-state index in [1.54, 1.807) is 43.3 Å². The molecule has 0 aromatic heterocycles. The number of carbonyl (C=O) groups is 3. The summed E-state index contributed by atoms with van der Waals surface area (Å²) < 4.78 is 15.9. The van der Waals surface area contributed by atoms with Crippen LogP contribution in [0.5, 0.6) is 11.5 Å². The second-order valence-corrected chi connectivity index (χ2v) is 6.74. The highest BCUT2D eigenvalue weighted by molar-refractivity contribution is 5.89. The van der Waals surface area contributed by atoms with Crippen molar-refractivity contribution in [3.63, 3.8) is 0 Å². The normalized spacial score (nSPS) is 11.2. The molecule has 2 aromatic rings. The minimum Gasteiger partial charge on any atom is -0.484 e. The molecule has 0 bridgehead atoms. The largest absolute Gasteiger partial charge is 0.484 e. The fourth-order valence-corrected chi connectivity index (χ4v) is 2.44. The summed E-state index contributed by atoms with van der Waals surface area (Å²) in [5.74, 6) is -0.481. The first-order valence-electron chi connectivity index (χ1n) is 10.2. The Hall–Kier alpha value is -3.55. The zero-order chi connectivity index (χ0) is 22.6. The average Bonchev–Trinajstić information content (AvgIpc) is 2.80. The molecule has 0 fully saturated rings. The number of esters is 1. The third-order valence-corrected chi connectivity index (χ3v) is 4.24. The van der Waals surface area contributed by atoms with Crippen molar-refractivity contribution in [1.82, 2.24) is 10.9 Å². The lowest BCUT2D eigenvalue weighted by atomic mass is 10.2. The van der Waals surface area contributed by atoms with Crippen LogP contribution in [0.1, 0.15) is 43.1 Å². The predicted octanol–water partition coefficient (Wildman–Crippen LogP) is 2.81. The predicted molar refractivity (Wildman–Crippen MR) is 115 cm³/mol. The fourth-order valence-electron chi connectivity index (χ4n) is 2.44. The Labute approximate surface area is 181 Å². The van der Waals surface area contributed by atoms with Crippen molar-refractivity contribution in [2.45, 2.75) is 39.7 Å². The van der Waals surface area contributed by atoms with Crippen LogP contribution in [-0.4, -0.2) is 37.1 Å². The average molecular weight is 428 g/mol. The third kappa shape index (κ3) is 8.00. The highest BCUT2D eigenvalue weighted by Crippen LogP contribution is 2.14. The molecule has 0 heterocycles. The van der Waals surface area contributed by atoms with E-state index in [0.29, 0.717) is 23.7 Å².